The average molecular weight is 262 g/mol. The van der Waals surface area contributed by atoms with E-state index in [-0.39, 0.29) is 12.2 Å². The number of nitrogens with zero attached hydrogens (tertiary/aromatic N) is 3. The highest BCUT2D eigenvalue weighted by Crippen LogP contribution is 2.13. The summed E-state index contributed by atoms with van der Waals surface area (Å²) in [5.74, 6) is 0.424. The third-order valence-electron chi connectivity index (χ3n) is 3.34. The maximum Gasteiger partial charge on any atom is 0.346 e. The Kier molecular flexibility index (Phi) is 2.85. The van der Waals surface area contributed by atoms with Gasteiger partial charge >= 0.3 is 5.69 Å². The van der Waals surface area contributed by atoms with Crippen molar-refractivity contribution in [1.82, 2.24) is 14.3 Å². The molecule has 1 aliphatic heterocycles. The topological polar surface area (TPSA) is 65.8 Å². The highest BCUT2D eigenvalue weighted by atomic mass is 19.1. The van der Waals surface area contributed by atoms with Gasteiger partial charge in [-0.2, -0.15) is 5.10 Å². The van der Waals surface area contributed by atoms with Gasteiger partial charge < -0.3 is 5.73 Å². The van der Waals surface area contributed by atoms with Gasteiger partial charge in [0.25, 0.3) is 0 Å². The maximum atomic E-state index is 13.3. The molecule has 6 heteroatoms. The van der Waals surface area contributed by atoms with Crippen LogP contribution in [0.1, 0.15) is 24.2 Å². The highest BCUT2D eigenvalue weighted by Gasteiger charge is 2.16. The normalized spacial score (nSPS) is 14.4. The summed E-state index contributed by atoms with van der Waals surface area (Å²) >= 11 is 0. The van der Waals surface area contributed by atoms with Gasteiger partial charge in [-0.05, 0) is 36.6 Å². The van der Waals surface area contributed by atoms with Crippen LogP contribution in [-0.2, 0) is 19.5 Å². The van der Waals surface area contributed by atoms with E-state index in [1.807, 2.05) is 0 Å². The van der Waals surface area contributed by atoms with E-state index in [1.165, 1.54) is 16.8 Å². The number of anilines is 1. The maximum absolute atomic E-state index is 13.3. The van der Waals surface area contributed by atoms with E-state index in [4.69, 9.17) is 5.73 Å². The Balaban J connectivity index is 1.95. The van der Waals surface area contributed by atoms with Crippen molar-refractivity contribution in [1.29, 1.82) is 0 Å². The van der Waals surface area contributed by atoms with Crippen LogP contribution < -0.4 is 11.4 Å². The first kappa shape index (κ1) is 12.0. The number of benzene rings is 1. The molecule has 2 aromatic rings. The molecule has 2 heterocycles. The zero-order valence-electron chi connectivity index (χ0n) is 10.5. The zero-order chi connectivity index (χ0) is 13.4. The van der Waals surface area contributed by atoms with Gasteiger partial charge in [0.1, 0.15) is 11.6 Å². The fourth-order valence-corrected chi connectivity index (χ4v) is 2.49. The molecule has 3 rings (SSSR count). The summed E-state index contributed by atoms with van der Waals surface area (Å²) in [7, 11) is 0. The molecular formula is C13H15FN4O. The van der Waals surface area contributed by atoms with Crippen LogP contribution in [0.5, 0.6) is 0 Å². The van der Waals surface area contributed by atoms with E-state index < -0.39 is 5.82 Å². The lowest BCUT2D eigenvalue weighted by Gasteiger charge is -2.09. The predicted molar refractivity (Wildman–Crippen MR) is 69.3 cm³/mol. The summed E-state index contributed by atoms with van der Waals surface area (Å²) < 4.78 is 16.3. The number of fused-ring (bicyclic) bond motifs is 1. The van der Waals surface area contributed by atoms with Crippen molar-refractivity contribution < 1.29 is 4.39 Å². The molecule has 0 amide bonds. The van der Waals surface area contributed by atoms with E-state index in [2.05, 4.69) is 5.10 Å². The standard InChI is InChI=1S/C13H15FN4O/c14-10-5-9(6-11(15)7-10)8-18-13(19)17-4-2-1-3-12(17)16-18/h5-7H,1-4,8,15H2. The van der Waals surface area contributed by atoms with E-state index >= 15 is 0 Å². The molecule has 1 aliphatic rings. The molecule has 0 fully saturated rings. The summed E-state index contributed by atoms with van der Waals surface area (Å²) in [4.78, 5) is 12.1. The number of hydrogen-bond acceptors (Lipinski definition) is 3. The van der Waals surface area contributed by atoms with Gasteiger partial charge in [0.05, 0.1) is 6.54 Å². The number of hydrogen-bond donors (Lipinski definition) is 1. The van der Waals surface area contributed by atoms with E-state index in [0.717, 1.165) is 31.6 Å². The fourth-order valence-electron chi connectivity index (χ4n) is 2.49. The summed E-state index contributed by atoms with van der Waals surface area (Å²) in [6.07, 6.45) is 2.89. The van der Waals surface area contributed by atoms with E-state index in [0.29, 0.717) is 11.3 Å². The molecule has 0 atom stereocenters. The first-order valence-corrected chi connectivity index (χ1v) is 6.35. The van der Waals surface area contributed by atoms with Crippen LogP contribution in [0.25, 0.3) is 0 Å². The van der Waals surface area contributed by atoms with Gasteiger partial charge in [-0.25, -0.2) is 13.9 Å². The molecule has 0 spiro atoms. The number of aryl methyl sites for hydroxylation is 1. The molecule has 0 saturated heterocycles. The number of nitrogen functional groups attached to an aromatic ring is 1. The molecule has 1 aromatic heterocycles. The molecule has 0 saturated carbocycles. The van der Waals surface area contributed by atoms with Crippen molar-refractivity contribution in [3.8, 4) is 0 Å². The molecular weight excluding hydrogens is 247 g/mol. The average Bonchev–Trinajstić information content (AvgIpc) is 2.66. The summed E-state index contributed by atoms with van der Waals surface area (Å²) in [5.41, 5.74) is 6.47. The van der Waals surface area contributed by atoms with Crippen molar-refractivity contribution in [3.63, 3.8) is 0 Å². The van der Waals surface area contributed by atoms with Gasteiger partial charge in [-0.1, -0.05) is 0 Å². The SMILES string of the molecule is Nc1cc(F)cc(Cn2nc3n(c2=O)CCCC3)c1. The van der Waals surface area contributed by atoms with Crippen molar-refractivity contribution in [2.45, 2.75) is 32.4 Å². The molecule has 0 aliphatic carbocycles. The van der Waals surface area contributed by atoms with Crippen molar-refractivity contribution in [2.24, 2.45) is 0 Å². The minimum absolute atomic E-state index is 0.127. The second-order valence-electron chi connectivity index (χ2n) is 4.86. The molecule has 0 unspecified atom stereocenters. The molecule has 2 N–H and O–H groups in total. The smallest absolute Gasteiger partial charge is 0.346 e. The minimum atomic E-state index is -0.396. The summed E-state index contributed by atoms with van der Waals surface area (Å²) in [5, 5.41) is 4.31. The van der Waals surface area contributed by atoms with Crippen LogP contribution in [0, 0.1) is 5.82 Å². The third kappa shape index (κ3) is 2.25. The Bertz CT molecular complexity index is 654. The Labute approximate surface area is 109 Å². The summed E-state index contributed by atoms with van der Waals surface area (Å²) in [6, 6.07) is 4.29. The number of aromatic nitrogens is 3. The van der Waals surface area contributed by atoms with Crippen LogP contribution in [0.3, 0.4) is 0 Å². The van der Waals surface area contributed by atoms with Crippen LogP contribution in [-0.4, -0.2) is 14.3 Å². The molecule has 0 bridgehead atoms. The second kappa shape index (κ2) is 4.53. The molecule has 5 nitrogen and oxygen atoms in total. The van der Waals surface area contributed by atoms with Gasteiger partial charge in [0.15, 0.2) is 0 Å². The lowest BCUT2D eigenvalue weighted by Crippen LogP contribution is -2.27. The monoisotopic (exact) mass is 262 g/mol. The number of halogens is 1. The molecule has 100 valence electrons. The van der Waals surface area contributed by atoms with Crippen molar-refractivity contribution in [2.75, 3.05) is 5.73 Å². The number of rotatable bonds is 2. The van der Waals surface area contributed by atoms with Crippen LogP contribution >= 0.6 is 0 Å². The Hall–Kier alpha value is -2.11. The summed E-state index contributed by atoms with van der Waals surface area (Å²) in [6.45, 7) is 0.972. The molecule has 0 radical (unpaired) electrons. The largest absolute Gasteiger partial charge is 0.399 e. The second-order valence-corrected chi connectivity index (χ2v) is 4.86. The Morgan fingerprint density at radius 3 is 2.89 bits per heavy atom. The third-order valence-corrected chi connectivity index (χ3v) is 3.34. The van der Waals surface area contributed by atoms with Crippen LogP contribution in [0.2, 0.25) is 0 Å². The van der Waals surface area contributed by atoms with E-state index in [1.54, 1.807) is 10.6 Å². The fraction of sp³-hybridized carbons (Fsp3) is 0.385. The minimum Gasteiger partial charge on any atom is -0.399 e. The van der Waals surface area contributed by atoms with Gasteiger partial charge in [-0.15, -0.1) is 0 Å². The van der Waals surface area contributed by atoms with Crippen molar-refractivity contribution in [3.05, 3.63) is 45.9 Å². The van der Waals surface area contributed by atoms with Gasteiger partial charge in [0, 0.05) is 18.7 Å². The Morgan fingerprint density at radius 2 is 2.16 bits per heavy atom. The molecule has 1 aromatic carbocycles. The first-order chi connectivity index (χ1) is 9.13. The predicted octanol–water partition coefficient (Wildman–Crippen LogP) is 1.15. The van der Waals surface area contributed by atoms with Crippen LogP contribution in [0.4, 0.5) is 10.1 Å². The van der Waals surface area contributed by atoms with Crippen LogP contribution in [0.15, 0.2) is 23.0 Å². The first-order valence-electron chi connectivity index (χ1n) is 6.35. The van der Waals surface area contributed by atoms with Gasteiger partial charge in [-0.3, -0.25) is 4.57 Å². The molecule has 19 heavy (non-hydrogen) atoms. The number of nitrogens with two attached hydrogens (primary N) is 1. The Morgan fingerprint density at radius 1 is 1.32 bits per heavy atom. The van der Waals surface area contributed by atoms with E-state index in [9.17, 15) is 9.18 Å². The van der Waals surface area contributed by atoms with Crippen molar-refractivity contribution >= 4 is 5.69 Å². The highest BCUT2D eigenvalue weighted by molar-refractivity contribution is 5.41. The van der Waals surface area contributed by atoms with Gasteiger partial charge in [0.2, 0.25) is 0 Å². The quantitative estimate of drug-likeness (QED) is 0.826. The lowest BCUT2D eigenvalue weighted by atomic mass is 10.2. The zero-order valence-corrected chi connectivity index (χ0v) is 10.5. The lowest BCUT2D eigenvalue weighted by molar-refractivity contribution is 0.511.